The third kappa shape index (κ3) is 5.06. The van der Waals surface area contributed by atoms with Crippen LogP contribution in [-0.2, 0) is 4.79 Å². The van der Waals surface area contributed by atoms with Gasteiger partial charge in [0, 0.05) is 30.4 Å². The van der Waals surface area contributed by atoms with Crippen LogP contribution in [0.25, 0.3) is 0 Å². The number of carbonyl (C=O) groups is 2. The Bertz CT molecular complexity index is 715. The fourth-order valence-electron chi connectivity index (χ4n) is 1.91. The summed E-state index contributed by atoms with van der Waals surface area (Å²) in [7, 11) is 0. The third-order valence-electron chi connectivity index (χ3n) is 2.77. The van der Waals surface area contributed by atoms with E-state index in [-0.39, 0.29) is 23.6 Å². The molecule has 1 heterocycles. The van der Waals surface area contributed by atoms with Crippen LogP contribution in [0.2, 0.25) is 0 Å². The lowest BCUT2D eigenvalue weighted by molar-refractivity contribution is -0.114. The zero-order chi connectivity index (χ0) is 16.8. The molecule has 0 fully saturated rings. The highest BCUT2D eigenvalue weighted by molar-refractivity contribution is 5.93. The summed E-state index contributed by atoms with van der Waals surface area (Å²) < 4.78 is 0. The lowest BCUT2D eigenvalue weighted by atomic mass is 10.2. The second-order valence-electron chi connectivity index (χ2n) is 5.30. The van der Waals surface area contributed by atoms with Crippen molar-refractivity contribution in [2.75, 3.05) is 10.6 Å². The third-order valence-corrected chi connectivity index (χ3v) is 2.77. The monoisotopic (exact) mass is 313 g/mol. The molecule has 0 aliphatic heterocycles. The molecule has 0 spiro atoms. The molecule has 1 aromatic heterocycles. The van der Waals surface area contributed by atoms with Gasteiger partial charge in [0.1, 0.15) is 17.8 Å². The first kappa shape index (κ1) is 16.4. The minimum atomic E-state index is -0.252. The summed E-state index contributed by atoms with van der Waals surface area (Å²) in [5.41, 5.74) is 1.70. The molecule has 0 radical (unpaired) electrons. The molecule has 2 amide bonds. The maximum atomic E-state index is 12.0. The normalized spacial score (nSPS) is 10.3. The van der Waals surface area contributed by atoms with Crippen LogP contribution in [0, 0.1) is 0 Å². The molecule has 7 heteroatoms. The van der Waals surface area contributed by atoms with Crippen molar-refractivity contribution in [1.29, 1.82) is 0 Å². The molecule has 120 valence electrons. The lowest BCUT2D eigenvalue weighted by Gasteiger charge is -2.10. The number of carbonyl (C=O) groups excluding carboxylic acids is 2. The van der Waals surface area contributed by atoms with Crippen LogP contribution >= 0.6 is 0 Å². The first-order valence-electron chi connectivity index (χ1n) is 7.21. The van der Waals surface area contributed by atoms with Crippen LogP contribution in [0.5, 0.6) is 0 Å². The molecular formula is C16H19N5O2. The summed E-state index contributed by atoms with van der Waals surface area (Å²) in [6.45, 7) is 5.21. The van der Waals surface area contributed by atoms with Gasteiger partial charge in [-0.05, 0) is 32.0 Å². The van der Waals surface area contributed by atoms with E-state index in [0.717, 1.165) is 5.69 Å². The molecule has 2 rings (SSSR count). The second-order valence-corrected chi connectivity index (χ2v) is 5.30. The van der Waals surface area contributed by atoms with E-state index in [1.807, 2.05) is 19.9 Å². The first-order valence-corrected chi connectivity index (χ1v) is 7.21. The van der Waals surface area contributed by atoms with Gasteiger partial charge in [-0.15, -0.1) is 0 Å². The molecule has 0 aliphatic carbocycles. The number of benzene rings is 1. The summed E-state index contributed by atoms with van der Waals surface area (Å²) >= 11 is 0. The van der Waals surface area contributed by atoms with Gasteiger partial charge in [0.05, 0.1) is 0 Å². The van der Waals surface area contributed by atoms with Gasteiger partial charge in [-0.25, -0.2) is 9.97 Å². The Labute approximate surface area is 134 Å². The van der Waals surface area contributed by atoms with E-state index in [2.05, 4.69) is 25.9 Å². The van der Waals surface area contributed by atoms with E-state index in [1.54, 1.807) is 24.3 Å². The van der Waals surface area contributed by atoms with E-state index in [4.69, 9.17) is 0 Å². The van der Waals surface area contributed by atoms with Crippen LogP contribution in [0.3, 0.4) is 0 Å². The Morgan fingerprint density at radius 1 is 1.09 bits per heavy atom. The maximum absolute atomic E-state index is 12.0. The number of hydrogen-bond donors (Lipinski definition) is 3. The smallest absolute Gasteiger partial charge is 0.270 e. The molecule has 0 aliphatic rings. The van der Waals surface area contributed by atoms with Crippen LogP contribution in [-0.4, -0.2) is 27.8 Å². The number of rotatable bonds is 5. The Morgan fingerprint density at radius 3 is 2.52 bits per heavy atom. The van der Waals surface area contributed by atoms with Gasteiger partial charge in [-0.3, -0.25) is 9.59 Å². The molecule has 2 aromatic rings. The van der Waals surface area contributed by atoms with Gasteiger partial charge in [-0.1, -0.05) is 6.07 Å². The Balaban J connectivity index is 2.14. The van der Waals surface area contributed by atoms with Crippen molar-refractivity contribution in [3.05, 3.63) is 42.4 Å². The van der Waals surface area contributed by atoms with Crippen molar-refractivity contribution < 1.29 is 9.59 Å². The summed E-state index contributed by atoms with van der Waals surface area (Å²) in [6.07, 6.45) is 1.33. The van der Waals surface area contributed by atoms with Crippen molar-refractivity contribution in [3.8, 4) is 0 Å². The second kappa shape index (κ2) is 7.35. The van der Waals surface area contributed by atoms with Gasteiger partial charge in [0.15, 0.2) is 0 Å². The van der Waals surface area contributed by atoms with Crippen molar-refractivity contribution in [2.24, 2.45) is 0 Å². The minimum Gasteiger partial charge on any atom is -0.349 e. The Kier molecular flexibility index (Phi) is 5.24. The molecule has 7 nitrogen and oxygen atoms in total. The quantitative estimate of drug-likeness (QED) is 0.787. The van der Waals surface area contributed by atoms with Crippen molar-refractivity contribution in [3.63, 3.8) is 0 Å². The molecule has 1 aromatic carbocycles. The predicted molar refractivity (Wildman–Crippen MR) is 88.7 cm³/mol. The van der Waals surface area contributed by atoms with Gasteiger partial charge < -0.3 is 16.0 Å². The van der Waals surface area contributed by atoms with Crippen LogP contribution in [0.1, 0.15) is 31.3 Å². The van der Waals surface area contributed by atoms with Gasteiger partial charge in [0.2, 0.25) is 5.91 Å². The molecular weight excluding hydrogens is 294 g/mol. The standard InChI is InChI=1S/C16H19N5O2/c1-10(2)19-16(23)14-8-15(18-9-17-14)21-13-6-4-5-12(7-13)20-11(3)22/h4-10H,1-3H3,(H,19,23)(H,20,22)(H,17,18,21). The van der Waals surface area contributed by atoms with E-state index >= 15 is 0 Å². The van der Waals surface area contributed by atoms with E-state index < -0.39 is 0 Å². The topological polar surface area (TPSA) is 96.0 Å². The van der Waals surface area contributed by atoms with E-state index in [0.29, 0.717) is 11.5 Å². The molecule has 23 heavy (non-hydrogen) atoms. The van der Waals surface area contributed by atoms with Crippen LogP contribution in [0.15, 0.2) is 36.7 Å². The van der Waals surface area contributed by atoms with Gasteiger partial charge in [0.25, 0.3) is 5.91 Å². The summed E-state index contributed by atoms with van der Waals surface area (Å²) in [6, 6.07) is 8.81. The first-order chi connectivity index (χ1) is 10.9. The van der Waals surface area contributed by atoms with E-state index in [9.17, 15) is 9.59 Å². The van der Waals surface area contributed by atoms with Crippen LogP contribution < -0.4 is 16.0 Å². The fraction of sp³-hybridized carbons (Fsp3) is 0.250. The fourth-order valence-corrected chi connectivity index (χ4v) is 1.91. The molecule has 0 atom stereocenters. The molecule has 0 saturated carbocycles. The number of aromatic nitrogens is 2. The van der Waals surface area contributed by atoms with Crippen molar-refractivity contribution in [2.45, 2.75) is 26.8 Å². The molecule has 3 N–H and O–H groups in total. The van der Waals surface area contributed by atoms with Crippen LogP contribution in [0.4, 0.5) is 17.2 Å². The van der Waals surface area contributed by atoms with Crippen molar-refractivity contribution >= 4 is 29.0 Å². The number of amides is 2. The SMILES string of the molecule is CC(=O)Nc1cccc(Nc2cc(C(=O)NC(C)C)ncn2)c1. The largest absolute Gasteiger partial charge is 0.349 e. The Morgan fingerprint density at radius 2 is 1.83 bits per heavy atom. The van der Waals surface area contributed by atoms with Gasteiger partial charge in [-0.2, -0.15) is 0 Å². The maximum Gasteiger partial charge on any atom is 0.270 e. The molecule has 0 unspecified atom stereocenters. The highest BCUT2D eigenvalue weighted by atomic mass is 16.2. The minimum absolute atomic E-state index is 0.0308. The predicted octanol–water partition coefficient (Wildman–Crippen LogP) is 2.32. The molecule has 0 saturated heterocycles. The van der Waals surface area contributed by atoms with Crippen molar-refractivity contribution in [1.82, 2.24) is 15.3 Å². The van der Waals surface area contributed by atoms with E-state index in [1.165, 1.54) is 13.3 Å². The summed E-state index contributed by atoms with van der Waals surface area (Å²) in [5, 5.41) is 8.57. The summed E-state index contributed by atoms with van der Waals surface area (Å²) in [5.74, 6) is 0.100. The highest BCUT2D eigenvalue weighted by Crippen LogP contribution is 2.19. The number of nitrogens with one attached hydrogen (secondary N) is 3. The highest BCUT2D eigenvalue weighted by Gasteiger charge is 2.10. The summed E-state index contributed by atoms with van der Waals surface area (Å²) in [4.78, 5) is 31.1. The Hall–Kier alpha value is -2.96. The average molecular weight is 313 g/mol. The molecule has 0 bridgehead atoms. The average Bonchev–Trinajstić information content (AvgIpc) is 2.46. The van der Waals surface area contributed by atoms with Gasteiger partial charge >= 0.3 is 0 Å². The number of anilines is 3. The lowest BCUT2D eigenvalue weighted by Crippen LogP contribution is -2.30. The number of nitrogens with zero attached hydrogens (tertiary/aromatic N) is 2. The zero-order valence-corrected chi connectivity index (χ0v) is 13.3. The number of hydrogen-bond acceptors (Lipinski definition) is 5. The zero-order valence-electron chi connectivity index (χ0n) is 13.3.